The molecule has 0 N–H and O–H groups in total. The molecule has 1 fully saturated rings. The van der Waals surface area contributed by atoms with Crippen molar-refractivity contribution in [3.63, 3.8) is 0 Å². The van der Waals surface area contributed by atoms with Crippen LogP contribution in [-0.4, -0.2) is 30.2 Å². The van der Waals surface area contributed by atoms with Gasteiger partial charge in [0.2, 0.25) is 0 Å². The fourth-order valence-corrected chi connectivity index (χ4v) is 3.78. The van der Waals surface area contributed by atoms with Gasteiger partial charge < -0.3 is 0 Å². The average Bonchev–Trinajstić information content (AvgIpc) is 3.34. The van der Waals surface area contributed by atoms with Crippen LogP contribution in [0.15, 0.2) is 59.5 Å². The molecule has 116 valence electrons. The molecule has 1 aliphatic heterocycles. The van der Waals surface area contributed by atoms with E-state index in [1.807, 2.05) is 30.3 Å². The number of sulfonamides is 1. The zero-order valence-corrected chi connectivity index (χ0v) is 12.7. The van der Waals surface area contributed by atoms with Crippen molar-refractivity contribution in [3.05, 3.63) is 70.3 Å². The summed E-state index contributed by atoms with van der Waals surface area (Å²) in [5, 5.41) is 11.0. The largest absolute Gasteiger partial charge is 0.289 e. The summed E-state index contributed by atoms with van der Waals surface area (Å²) in [6.07, 6.45) is 0. The highest BCUT2D eigenvalue weighted by atomic mass is 32.2. The molecule has 2 atom stereocenters. The molecule has 0 spiro atoms. The van der Waals surface area contributed by atoms with Gasteiger partial charge in [-0.15, -0.1) is 0 Å². The molecule has 1 aliphatic rings. The highest BCUT2D eigenvalue weighted by molar-refractivity contribution is 7.89. The SMILES string of the molecule is O=[N+]([O-])c1ccccc1S(=O)(=O)N1C[C@H]1C#Cc1ccccc1. The zero-order valence-electron chi connectivity index (χ0n) is 11.9. The molecule has 0 amide bonds. The van der Waals surface area contributed by atoms with E-state index in [0.29, 0.717) is 0 Å². The Balaban J connectivity index is 1.84. The standard InChI is InChI=1S/C16H12N2O4S/c19-18(20)15-8-4-5-9-16(15)23(21,22)17-12-14(17)11-10-13-6-2-1-3-7-13/h1-9,14H,12H2/t14-,17?/m1/s1. The lowest BCUT2D eigenvalue weighted by atomic mass is 10.2. The Labute approximate surface area is 133 Å². The molecule has 3 rings (SSSR count). The number of hydrogen-bond donors (Lipinski definition) is 0. The summed E-state index contributed by atoms with van der Waals surface area (Å²) in [5.74, 6) is 5.78. The summed E-state index contributed by atoms with van der Waals surface area (Å²) in [6.45, 7) is 0.244. The highest BCUT2D eigenvalue weighted by Crippen LogP contribution is 2.32. The van der Waals surface area contributed by atoms with Crippen LogP contribution in [0.5, 0.6) is 0 Å². The molecule has 1 unspecified atom stereocenters. The summed E-state index contributed by atoms with van der Waals surface area (Å²) < 4.78 is 26.1. The Bertz CT molecular complexity index is 914. The van der Waals surface area contributed by atoms with Crippen molar-refractivity contribution in [2.45, 2.75) is 10.9 Å². The van der Waals surface area contributed by atoms with Gasteiger partial charge in [0, 0.05) is 18.2 Å². The van der Waals surface area contributed by atoms with Gasteiger partial charge in [-0.25, -0.2) is 8.42 Å². The first-order valence-corrected chi connectivity index (χ1v) is 8.26. The Morgan fingerprint density at radius 1 is 1.09 bits per heavy atom. The van der Waals surface area contributed by atoms with Gasteiger partial charge in [-0.2, -0.15) is 4.31 Å². The van der Waals surface area contributed by atoms with Crippen molar-refractivity contribution in [2.24, 2.45) is 0 Å². The molecule has 1 saturated heterocycles. The van der Waals surface area contributed by atoms with Crippen molar-refractivity contribution in [3.8, 4) is 11.8 Å². The maximum absolute atomic E-state index is 12.5. The zero-order chi connectivity index (χ0) is 16.4. The molecule has 2 aromatic rings. The first-order valence-electron chi connectivity index (χ1n) is 6.82. The molecular formula is C16H12N2O4S. The van der Waals surface area contributed by atoms with E-state index < -0.39 is 26.7 Å². The van der Waals surface area contributed by atoms with Crippen molar-refractivity contribution in [2.75, 3.05) is 6.54 Å². The topological polar surface area (TPSA) is 80.3 Å². The Morgan fingerprint density at radius 2 is 1.74 bits per heavy atom. The Hall–Kier alpha value is -2.69. The third kappa shape index (κ3) is 3.08. The van der Waals surface area contributed by atoms with Gasteiger partial charge >= 0.3 is 0 Å². The van der Waals surface area contributed by atoms with Crippen LogP contribution in [0.25, 0.3) is 0 Å². The minimum Gasteiger partial charge on any atom is -0.258 e. The average molecular weight is 328 g/mol. The van der Waals surface area contributed by atoms with Gasteiger partial charge in [0.1, 0.15) is 6.04 Å². The third-order valence-electron chi connectivity index (χ3n) is 3.37. The van der Waals surface area contributed by atoms with Gasteiger partial charge in [-0.3, -0.25) is 10.1 Å². The van der Waals surface area contributed by atoms with E-state index in [1.54, 1.807) is 0 Å². The molecule has 23 heavy (non-hydrogen) atoms. The van der Waals surface area contributed by atoms with Crippen LogP contribution in [0, 0.1) is 22.0 Å². The van der Waals surface area contributed by atoms with Crippen molar-refractivity contribution in [1.29, 1.82) is 0 Å². The number of rotatable bonds is 3. The number of nitrogens with zero attached hydrogens (tertiary/aromatic N) is 2. The van der Waals surface area contributed by atoms with E-state index in [0.717, 1.165) is 9.87 Å². The minimum absolute atomic E-state index is 0.244. The second kappa shape index (κ2) is 5.83. The fraction of sp³-hybridized carbons (Fsp3) is 0.125. The Kier molecular flexibility index (Phi) is 3.86. The molecule has 0 aromatic heterocycles. The smallest absolute Gasteiger partial charge is 0.258 e. The van der Waals surface area contributed by atoms with Crippen molar-refractivity contribution >= 4 is 15.7 Å². The predicted molar refractivity (Wildman–Crippen MR) is 84.1 cm³/mol. The number of nitro benzene ring substituents is 1. The fourth-order valence-electron chi connectivity index (χ4n) is 2.15. The normalized spacial score (nSPS) is 19.5. The van der Waals surface area contributed by atoms with Gasteiger partial charge in [-0.05, 0) is 18.2 Å². The summed E-state index contributed by atoms with van der Waals surface area (Å²) >= 11 is 0. The predicted octanol–water partition coefficient (Wildman–Crippen LogP) is 2.02. The van der Waals surface area contributed by atoms with Crippen LogP contribution in [-0.2, 0) is 10.0 Å². The maximum atomic E-state index is 12.5. The molecule has 2 aromatic carbocycles. The lowest BCUT2D eigenvalue weighted by Crippen LogP contribution is -2.15. The Morgan fingerprint density at radius 3 is 2.43 bits per heavy atom. The third-order valence-corrected chi connectivity index (χ3v) is 5.29. The van der Waals surface area contributed by atoms with Gasteiger partial charge in [0.15, 0.2) is 4.90 Å². The molecule has 0 aliphatic carbocycles. The van der Waals surface area contributed by atoms with Gasteiger partial charge in [0.25, 0.3) is 15.7 Å². The van der Waals surface area contributed by atoms with E-state index in [2.05, 4.69) is 11.8 Å². The van der Waals surface area contributed by atoms with Gasteiger partial charge in [0.05, 0.1) is 4.92 Å². The minimum atomic E-state index is -3.91. The number of benzene rings is 2. The molecule has 1 heterocycles. The second-order valence-corrected chi connectivity index (χ2v) is 6.81. The van der Waals surface area contributed by atoms with E-state index in [4.69, 9.17) is 0 Å². The van der Waals surface area contributed by atoms with Gasteiger partial charge in [-0.1, -0.05) is 42.2 Å². The molecule has 6 nitrogen and oxygen atoms in total. The number of hydrogen-bond acceptors (Lipinski definition) is 4. The van der Waals surface area contributed by atoms with E-state index >= 15 is 0 Å². The summed E-state index contributed by atoms with van der Waals surface area (Å²) in [6, 6.07) is 14.1. The van der Waals surface area contributed by atoms with Crippen LogP contribution < -0.4 is 0 Å². The number of para-hydroxylation sites is 1. The molecule has 0 bridgehead atoms. The lowest BCUT2D eigenvalue weighted by molar-refractivity contribution is -0.387. The molecule has 0 saturated carbocycles. The van der Waals surface area contributed by atoms with Crippen LogP contribution in [0.4, 0.5) is 5.69 Å². The van der Waals surface area contributed by atoms with Crippen LogP contribution in [0.1, 0.15) is 5.56 Å². The second-order valence-electron chi connectivity index (χ2n) is 4.95. The van der Waals surface area contributed by atoms with E-state index in [-0.39, 0.29) is 11.4 Å². The molecule has 7 heteroatoms. The molecule has 0 radical (unpaired) electrons. The van der Waals surface area contributed by atoms with Crippen LogP contribution in [0.2, 0.25) is 0 Å². The number of nitro groups is 1. The maximum Gasteiger partial charge on any atom is 0.289 e. The van der Waals surface area contributed by atoms with E-state index in [1.165, 1.54) is 24.3 Å². The highest BCUT2D eigenvalue weighted by Gasteiger charge is 2.46. The lowest BCUT2D eigenvalue weighted by Gasteiger charge is -2.05. The first-order chi connectivity index (χ1) is 11.0. The summed E-state index contributed by atoms with van der Waals surface area (Å²) in [4.78, 5) is 10.0. The van der Waals surface area contributed by atoms with Crippen molar-refractivity contribution < 1.29 is 13.3 Å². The monoisotopic (exact) mass is 328 g/mol. The quantitative estimate of drug-likeness (QED) is 0.374. The summed E-state index contributed by atoms with van der Waals surface area (Å²) in [5.41, 5.74) is 0.372. The summed E-state index contributed by atoms with van der Waals surface area (Å²) in [7, 11) is -3.91. The molecular weight excluding hydrogens is 316 g/mol. The van der Waals surface area contributed by atoms with E-state index in [9.17, 15) is 18.5 Å². The van der Waals surface area contributed by atoms with Crippen LogP contribution >= 0.6 is 0 Å². The van der Waals surface area contributed by atoms with Crippen LogP contribution in [0.3, 0.4) is 0 Å². The van der Waals surface area contributed by atoms with Crippen molar-refractivity contribution in [1.82, 2.24) is 4.31 Å². The first kappa shape index (κ1) is 15.2.